The molecule has 0 fully saturated rings. The summed E-state index contributed by atoms with van der Waals surface area (Å²) in [5.41, 5.74) is 7.24. The van der Waals surface area contributed by atoms with Crippen LogP contribution in [0, 0.1) is 0 Å². The molecule has 1 aliphatic rings. The van der Waals surface area contributed by atoms with Gasteiger partial charge < -0.3 is 4.90 Å². The van der Waals surface area contributed by atoms with Gasteiger partial charge in [0.05, 0.1) is 0 Å². The maximum atomic E-state index is 2.53. The monoisotopic (exact) mass is 293 g/mol. The summed E-state index contributed by atoms with van der Waals surface area (Å²) >= 11 is 0. The molecule has 0 saturated carbocycles. The number of benzene rings is 2. The largest absolute Gasteiger partial charge is 0.372 e. The number of fused-ring (bicyclic) bond motifs is 3. The molecule has 22 heavy (non-hydrogen) atoms. The Hall–Kier alpha value is -1.76. The van der Waals surface area contributed by atoms with Crippen molar-refractivity contribution < 1.29 is 0 Å². The minimum absolute atomic E-state index is 0.103. The van der Waals surface area contributed by atoms with Crippen molar-refractivity contribution in [3.63, 3.8) is 0 Å². The predicted octanol–water partition coefficient (Wildman–Crippen LogP) is 5.62. The highest BCUT2D eigenvalue weighted by Gasteiger charge is 2.35. The minimum atomic E-state index is 0.103. The van der Waals surface area contributed by atoms with Crippen molar-refractivity contribution in [2.45, 2.75) is 46.0 Å². The molecule has 0 N–H and O–H groups in total. The Balaban J connectivity index is 2.07. The third-order valence-corrected chi connectivity index (χ3v) is 4.92. The van der Waals surface area contributed by atoms with Crippen LogP contribution in [0.2, 0.25) is 0 Å². The van der Waals surface area contributed by atoms with Crippen molar-refractivity contribution in [1.29, 1.82) is 0 Å². The summed E-state index contributed by atoms with van der Waals surface area (Å²) < 4.78 is 0. The average Bonchev–Trinajstić information content (AvgIpc) is 2.76. The smallest absolute Gasteiger partial charge is 0.0369 e. The van der Waals surface area contributed by atoms with E-state index in [1.165, 1.54) is 40.8 Å². The van der Waals surface area contributed by atoms with Crippen LogP contribution in [-0.4, -0.2) is 13.1 Å². The lowest BCUT2D eigenvalue weighted by Crippen LogP contribution is -2.25. The summed E-state index contributed by atoms with van der Waals surface area (Å²) in [6.07, 6.45) is 2.39. The van der Waals surface area contributed by atoms with Gasteiger partial charge in [0.25, 0.3) is 0 Å². The van der Waals surface area contributed by atoms with Gasteiger partial charge in [-0.3, -0.25) is 0 Å². The first-order valence-electron chi connectivity index (χ1n) is 8.59. The maximum absolute atomic E-state index is 2.53. The topological polar surface area (TPSA) is 3.24 Å². The molecular weight excluding hydrogens is 266 g/mol. The average molecular weight is 293 g/mol. The van der Waals surface area contributed by atoms with E-state index in [-0.39, 0.29) is 5.41 Å². The first-order valence-corrected chi connectivity index (χ1v) is 8.59. The second-order valence-electron chi connectivity index (χ2n) is 6.89. The molecule has 0 heterocycles. The normalized spacial score (nSPS) is 14.5. The van der Waals surface area contributed by atoms with Gasteiger partial charge in [-0.15, -0.1) is 0 Å². The Kier molecular flexibility index (Phi) is 3.99. The fourth-order valence-electron chi connectivity index (χ4n) is 3.80. The molecule has 0 aliphatic heterocycles. The van der Waals surface area contributed by atoms with Crippen LogP contribution < -0.4 is 4.90 Å². The fourth-order valence-corrected chi connectivity index (χ4v) is 3.80. The van der Waals surface area contributed by atoms with Crippen LogP contribution in [0.3, 0.4) is 0 Å². The second kappa shape index (κ2) is 5.79. The van der Waals surface area contributed by atoms with Crippen LogP contribution in [0.4, 0.5) is 5.69 Å². The van der Waals surface area contributed by atoms with Crippen LogP contribution in [-0.2, 0) is 5.41 Å². The lowest BCUT2D eigenvalue weighted by atomic mass is 9.82. The van der Waals surface area contributed by atoms with Gasteiger partial charge in [0, 0.05) is 24.2 Å². The summed E-state index contributed by atoms with van der Waals surface area (Å²) in [5, 5.41) is 0. The Bertz CT molecular complexity index is 663. The van der Waals surface area contributed by atoms with Crippen molar-refractivity contribution >= 4 is 5.69 Å². The number of anilines is 1. The zero-order chi connectivity index (χ0) is 15.7. The van der Waals surface area contributed by atoms with Crippen molar-refractivity contribution in [2.24, 2.45) is 0 Å². The highest BCUT2D eigenvalue weighted by molar-refractivity contribution is 5.82. The van der Waals surface area contributed by atoms with Crippen molar-refractivity contribution in [3.8, 4) is 11.1 Å². The van der Waals surface area contributed by atoms with Crippen molar-refractivity contribution in [1.82, 2.24) is 0 Å². The predicted molar refractivity (Wildman–Crippen MR) is 96.8 cm³/mol. The van der Waals surface area contributed by atoms with E-state index in [0.29, 0.717) is 0 Å². The Labute approximate surface area is 135 Å². The molecule has 2 aromatic rings. The van der Waals surface area contributed by atoms with Gasteiger partial charge in [0.1, 0.15) is 0 Å². The molecule has 1 aliphatic carbocycles. The number of hydrogen-bond acceptors (Lipinski definition) is 1. The lowest BCUT2D eigenvalue weighted by Gasteiger charge is -2.27. The van der Waals surface area contributed by atoms with E-state index in [1.807, 2.05) is 0 Å². The maximum Gasteiger partial charge on any atom is 0.0369 e. The lowest BCUT2D eigenvalue weighted by molar-refractivity contribution is 0.659. The summed E-state index contributed by atoms with van der Waals surface area (Å²) in [6.45, 7) is 11.5. The van der Waals surface area contributed by atoms with Gasteiger partial charge in [0.15, 0.2) is 0 Å². The second-order valence-corrected chi connectivity index (χ2v) is 6.89. The fraction of sp³-hybridized carbons (Fsp3) is 0.429. The zero-order valence-electron chi connectivity index (χ0n) is 14.3. The van der Waals surface area contributed by atoms with Crippen LogP contribution in [0.5, 0.6) is 0 Å². The summed E-state index contributed by atoms with van der Waals surface area (Å²) in [6, 6.07) is 15.9. The van der Waals surface area contributed by atoms with Gasteiger partial charge in [-0.1, -0.05) is 58.0 Å². The third-order valence-electron chi connectivity index (χ3n) is 4.92. The molecule has 0 bridgehead atoms. The molecule has 2 aromatic carbocycles. The quantitative estimate of drug-likeness (QED) is 0.691. The van der Waals surface area contributed by atoms with Gasteiger partial charge in [0.2, 0.25) is 0 Å². The van der Waals surface area contributed by atoms with Gasteiger partial charge in [-0.2, -0.15) is 0 Å². The molecule has 0 spiro atoms. The first-order chi connectivity index (χ1) is 10.6. The highest BCUT2D eigenvalue weighted by atomic mass is 15.1. The van der Waals surface area contributed by atoms with E-state index >= 15 is 0 Å². The Morgan fingerprint density at radius 1 is 0.818 bits per heavy atom. The van der Waals surface area contributed by atoms with Crippen molar-refractivity contribution in [3.05, 3.63) is 53.6 Å². The van der Waals surface area contributed by atoms with Crippen LogP contribution >= 0.6 is 0 Å². The molecule has 0 radical (unpaired) electrons. The van der Waals surface area contributed by atoms with E-state index in [1.54, 1.807) is 0 Å². The Morgan fingerprint density at radius 3 is 2.14 bits per heavy atom. The molecule has 1 nitrogen and oxygen atoms in total. The summed E-state index contributed by atoms with van der Waals surface area (Å²) in [7, 11) is 0. The Morgan fingerprint density at radius 2 is 1.45 bits per heavy atom. The number of rotatable bonds is 5. The highest BCUT2D eigenvalue weighted by Crippen LogP contribution is 2.49. The van der Waals surface area contributed by atoms with E-state index in [9.17, 15) is 0 Å². The van der Waals surface area contributed by atoms with Gasteiger partial charge in [-0.25, -0.2) is 0 Å². The number of hydrogen-bond donors (Lipinski definition) is 0. The SMILES string of the molecule is CCCN(CCC)c1ccc2c(c1)C(C)(C)c1ccccc1-2. The molecule has 116 valence electrons. The van der Waals surface area contributed by atoms with Gasteiger partial charge >= 0.3 is 0 Å². The summed E-state index contributed by atoms with van der Waals surface area (Å²) in [4.78, 5) is 2.53. The van der Waals surface area contributed by atoms with E-state index in [2.05, 4.69) is 75.1 Å². The molecule has 3 rings (SSSR count). The molecule has 0 saturated heterocycles. The molecule has 0 amide bonds. The van der Waals surface area contributed by atoms with Gasteiger partial charge in [-0.05, 0) is 47.2 Å². The minimum Gasteiger partial charge on any atom is -0.372 e. The summed E-state index contributed by atoms with van der Waals surface area (Å²) in [5.74, 6) is 0. The standard InChI is InChI=1S/C21H27N/c1-5-13-22(14-6-2)16-11-12-18-17-9-7-8-10-19(17)21(3,4)20(18)15-16/h7-12,15H,5-6,13-14H2,1-4H3. The van der Waals surface area contributed by atoms with Crippen LogP contribution in [0.15, 0.2) is 42.5 Å². The van der Waals surface area contributed by atoms with Crippen LogP contribution in [0.25, 0.3) is 11.1 Å². The van der Waals surface area contributed by atoms with Crippen LogP contribution in [0.1, 0.15) is 51.7 Å². The molecule has 0 unspecified atom stereocenters. The number of nitrogens with zero attached hydrogens (tertiary/aromatic N) is 1. The first kappa shape index (κ1) is 15.1. The molecule has 1 heteroatoms. The van der Waals surface area contributed by atoms with E-state index < -0.39 is 0 Å². The van der Waals surface area contributed by atoms with Crippen molar-refractivity contribution in [2.75, 3.05) is 18.0 Å². The van der Waals surface area contributed by atoms with E-state index in [0.717, 1.165) is 13.1 Å². The molecule has 0 atom stereocenters. The molecule has 0 aromatic heterocycles. The zero-order valence-corrected chi connectivity index (χ0v) is 14.3. The third kappa shape index (κ3) is 2.33. The van der Waals surface area contributed by atoms with E-state index in [4.69, 9.17) is 0 Å². The molecular formula is C21H27N.